The second-order valence-corrected chi connectivity index (χ2v) is 13.4. The molecule has 2 N–H and O–H groups in total. The zero-order valence-corrected chi connectivity index (χ0v) is 23.9. The lowest BCUT2D eigenvalue weighted by Crippen LogP contribution is -2.46. The summed E-state index contributed by atoms with van der Waals surface area (Å²) in [5, 5.41) is 3.11. The Labute approximate surface area is 236 Å². The summed E-state index contributed by atoms with van der Waals surface area (Å²) < 4.78 is 55.5. The number of nitrogens with one attached hydrogen (secondary N) is 2. The predicted octanol–water partition coefficient (Wildman–Crippen LogP) is 4.64. The molecule has 0 unspecified atom stereocenters. The number of hydrogen-bond donors (Lipinski definition) is 2. The summed E-state index contributed by atoms with van der Waals surface area (Å²) in [7, 11) is -5.85. The number of likely N-dealkylation sites (N-methyl/N-ethyl adjacent to an activating group) is 1. The number of benzene rings is 3. The molecule has 9 nitrogen and oxygen atoms in total. The summed E-state index contributed by atoms with van der Waals surface area (Å²) in [6.07, 6.45) is 0. The van der Waals surface area contributed by atoms with E-state index in [4.69, 9.17) is 34.8 Å². The van der Waals surface area contributed by atoms with Gasteiger partial charge in [-0.05, 0) is 67.7 Å². The van der Waals surface area contributed by atoms with Crippen LogP contribution < -0.4 is 10.0 Å². The molecule has 1 aliphatic heterocycles. The lowest BCUT2D eigenvalue weighted by molar-refractivity contribution is 0.102. The molecule has 1 aliphatic rings. The lowest BCUT2D eigenvalue weighted by Gasteiger charge is -2.31. The van der Waals surface area contributed by atoms with Crippen molar-refractivity contribution in [3.63, 3.8) is 0 Å². The Morgan fingerprint density at radius 2 is 1.42 bits per heavy atom. The van der Waals surface area contributed by atoms with Crippen molar-refractivity contribution in [3.05, 3.63) is 81.3 Å². The fourth-order valence-electron chi connectivity index (χ4n) is 3.73. The van der Waals surface area contributed by atoms with Crippen LogP contribution in [0.3, 0.4) is 0 Å². The fraction of sp³-hybridized carbons (Fsp3) is 0.208. The van der Waals surface area contributed by atoms with Gasteiger partial charge < -0.3 is 10.2 Å². The molecule has 0 atom stereocenters. The van der Waals surface area contributed by atoms with Crippen LogP contribution in [0.5, 0.6) is 0 Å². The predicted molar refractivity (Wildman–Crippen MR) is 149 cm³/mol. The molecule has 0 saturated carbocycles. The van der Waals surface area contributed by atoms with Crippen LogP contribution in [-0.4, -0.2) is 65.2 Å². The van der Waals surface area contributed by atoms with Crippen LogP contribution in [0.4, 0.5) is 11.4 Å². The fourth-order valence-corrected chi connectivity index (χ4v) is 6.79. The summed E-state index contributed by atoms with van der Waals surface area (Å²) >= 11 is 17.9. The molecule has 3 aromatic rings. The van der Waals surface area contributed by atoms with E-state index in [1.54, 1.807) is 0 Å². The zero-order chi connectivity index (χ0) is 27.7. The molecule has 38 heavy (non-hydrogen) atoms. The average molecular weight is 618 g/mol. The highest BCUT2D eigenvalue weighted by Crippen LogP contribution is 2.29. The van der Waals surface area contributed by atoms with Gasteiger partial charge in [0.25, 0.3) is 15.9 Å². The molecular formula is C24H23Cl3N4O5S2. The summed E-state index contributed by atoms with van der Waals surface area (Å²) in [6, 6.07) is 13.7. The normalized spacial score (nSPS) is 15.3. The van der Waals surface area contributed by atoms with Gasteiger partial charge in [-0.1, -0.05) is 34.8 Å². The van der Waals surface area contributed by atoms with E-state index >= 15 is 0 Å². The van der Waals surface area contributed by atoms with E-state index < -0.39 is 26.0 Å². The largest absolute Gasteiger partial charge is 0.322 e. The molecule has 0 aromatic heterocycles. The number of piperazine rings is 1. The first-order valence-corrected chi connectivity index (χ1v) is 15.3. The molecular weight excluding hydrogens is 595 g/mol. The molecule has 0 spiro atoms. The summed E-state index contributed by atoms with van der Waals surface area (Å²) in [5.74, 6) is -0.658. The van der Waals surface area contributed by atoms with E-state index in [-0.39, 0.29) is 36.1 Å². The molecule has 1 heterocycles. The van der Waals surface area contributed by atoms with Crippen LogP contribution in [0.2, 0.25) is 15.1 Å². The number of nitrogens with zero attached hydrogens (tertiary/aromatic N) is 2. The first-order chi connectivity index (χ1) is 17.9. The van der Waals surface area contributed by atoms with Gasteiger partial charge in [0.2, 0.25) is 10.0 Å². The minimum Gasteiger partial charge on any atom is -0.322 e. The first kappa shape index (κ1) is 28.6. The van der Waals surface area contributed by atoms with Crippen LogP contribution in [0.25, 0.3) is 0 Å². The van der Waals surface area contributed by atoms with Crippen molar-refractivity contribution in [2.24, 2.45) is 0 Å². The number of halogens is 3. The Morgan fingerprint density at radius 3 is 2.05 bits per heavy atom. The number of rotatable bonds is 7. The van der Waals surface area contributed by atoms with Crippen molar-refractivity contribution >= 4 is 72.1 Å². The Morgan fingerprint density at radius 1 is 0.789 bits per heavy atom. The third-order valence-corrected chi connectivity index (χ3v) is 10.1. The maximum Gasteiger partial charge on any atom is 0.261 e. The van der Waals surface area contributed by atoms with Gasteiger partial charge in [0.1, 0.15) is 0 Å². The van der Waals surface area contributed by atoms with Crippen molar-refractivity contribution in [1.29, 1.82) is 0 Å². The highest BCUT2D eigenvalue weighted by molar-refractivity contribution is 7.92. The van der Waals surface area contributed by atoms with Gasteiger partial charge >= 0.3 is 0 Å². The standard InChI is InChI=1S/C24H23Cl3N4O5S2/c1-30-10-12-31(13-11-30)38(35,36)18-5-3-17(4-6-18)28-24(32)20-14-16(25)2-9-23(20)29-37(33,34)19-7-8-21(26)22(27)15-19/h2-9,14-15,29H,10-13H2,1H3,(H,28,32). The van der Waals surface area contributed by atoms with E-state index in [0.717, 1.165) is 0 Å². The molecule has 0 radical (unpaired) electrons. The number of amides is 1. The summed E-state index contributed by atoms with van der Waals surface area (Å²) in [6.45, 7) is 2.08. The van der Waals surface area contributed by atoms with Crippen molar-refractivity contribution in [3.8, 4) is 0 Å². The Balaban J connectivity index is 1.53. The zero-order valence-electron chi connectivity index (χ0n) is 20.0. The molecule has 1 fully saturated rings. The maximum absolute atomic E-state index is 13.1. The molecule has 0 aliphatic carbocycles. The van der Waals surface area contributed by atoms with Crippen LogP contribution in [0, 0.1) is 0 Å². The Kier molecular flexibility index (Phi) is 8.58. The second kappa shape index (κ2) is 11.4. The van der Waals surface area contributed by atoms with Gasteiger partial charge in [-0.3, -0.25) is 9.52 Å². The van der Waals surface area contributed by atoms with Crippen molar-refractivity contribution < 1.29 is 21.6 Å². The molecule has 0 bridgehead atoms. The van der Waals surface area contributed by atoms with Gasteiger partial charge in [0.15, 0.2) is 0 Å². The molecule has 14 heteroatoms. The molecule has 202 valence electrons. The number of hydrogen-bond acceptors (Lipinski definition) is 6. The van der Waals surface area contributed by atoms with Gasteiger partial charge in [-0.15, -0.1) is 0 Å². The van der Waals surface area contributed by atoms with Gasteiger partial charge in [-0.2, -0.15) is 4.31 Å². The topological polar surface area (TPSA) is 116 Å². The van der Waals surface area contributed by atoms with Crippen LogP contribution in [0.15, 0.2) is 70.5 Å². The minimum atomic E-state index is -4.12. The summed E-state index contributed by atoms with van der Waals surface area (Å²) in [4.78, 5) is 15.1. The lowest BCUT2D eigenvalue weighted by atomic mass is 10.1. The van der Waals surface area contributed by atoms with E-state index in [1.165, 1.54) is 65.0 Å². The van der Waals surface area contributed by atoms with Crippen LogP contribution in [0.1, 0.15) is 10.4 Å². The van der Waals surface area contributed by atoms with Gasteiger partial charge in [0.05, 0.1) is 31.1 Å². The smallest absolute Gasteiger partial charge is 0.261 e. The molecule has 1 amide bonds. The number of carbonyl (C=O) groups is 1. The van der Waals surface area contributed by atoms with Crippen LogP contribution in [-0.2, 0) is 20.0 Å². The monoisotopic (exact) mass is 616 g/mol. The quantitative estimate of drug-likeness (QED) is 0.399. The SMILES string of the molecule is CN1CCN(S(=O)(=O)c2ccc(NC(=O)c3cc(Cl)ccc3NS(=O)(=O)c3ccc(Cl)c(Cl)c3)cc2)CC1. The van der Waals surface area contributed by atoms with E-state index in [2.05, 4.69) is 14.9 Å². The highest BCUT2D eigenvalue weighted by Gasteiger charge is 2.27. The van der Waals surface area contributed by atoms with E-state index in [1.807, 2.05) is 7.05 Å². The molecule has 3 aromatic carbocycles. The van der Waals surface area contributed by atoms with Crippen LogP contribution >= 0.6 is 34.8 Å². The average Bonchev–Trinajstić information content (AvgIpc) is 2.87. The number of carbonyl (C=O) groups excluding carboxylic acids is 1. The number of sulfonamides is 2. The maximum atomic E-state index is 13.1. The third-order valence-electron chi connectivity index (χ3n) is 5.88. The Hall–Kier alpha value is -2.38. The summed E-state index contributed by atoms with van der Waals surface area (Å²) in [5.41, 5.74) is 0.244. The van der Waals surface area contributed by atoms with Crippen molar-refractivity contribution in [2.75, 3.05) is 43.3 Å². The van der Waals surface area contributed by atoms with Gasteiger partial charge in [-0.25, -0.2) is 16.8 Å². The molecule has 1 saturated heterocycles. The van der Waals surface area contributed by atoms with Crippen molar-refractivity contribution in [2.45, 2.75) is 9.79 Å². The van der Waals surface area contributed by atoms with Crippen molar-refractivity contribution in [1.82, 2.24) is 9.21 Å². The Bertz CT molecular complexity index is 1580. The third kappa shape index (κ3) is 6.42. The minimum absolute atomic E-state index is 0.0211. The molecule has 4 rings (SSSR count). The first-order valence-electron chi connectivity index (χ1n) is 11.2. The second-order valence-electron chi connectivity index (χ2n) is 8.56. The van der Waals surface area contributed by atoms with E-state index in [9.17, 15) is 21.6 Å². The highest BCUT2D eigenvalue weighted by atomic mass is 35.5. The number of anilines is 2. The van der Waals surface area contributed by atoms with Gasteiger partial charge in [0, 0.05) is 36.9 Å². The van der Waals surface area contributed by atoms with E-state index in [0.29, 0.717) is 31.9 Å².